The van der Waals surface area contributed by atoms with Crippen LogP contribution in [-0.4, -0.2) is 30.8 Å². The lowest BCUT2D eigenvalue weighted by molar-refractivity contribution is -0.138. The van der Waals surface area contributed by atoms with Gasteiger partial charge in [0.15, 0.2) is 0 Å². The minimum absolute atomic E-state index is 0.0329. The van der Waals surface area contributed by atoms with Crippen molar-refractivity contribution in [3.05, 3.63) is 22.2 Å². The number of ether oxygens (including phenoxy) is 2. The van der Waals surface area contributed by atoms with E-state index in [1.54, 1.807) is 27.7 Å². The van der Waals surface area contributed by atoms with Crippen LogP contribution in [0.4, 0.5) is 4.79 Å². The summed E-state index contributed by atoms with van der Waals surface area (Å²) in [6, 6.07) is 0. The Balaban J connectivity index is 4.55. The summed E-state index contributed by atoms with van der Waals surface area (Å²) in [5.74, 6) is -0.661. The Morgan fingerprint density at radius 2 is 2.05 bits per heavy atom. The van der Waals surface area contributed by atoms with E-state index in [9.17, 15) is 9.59 Å². The molecule has 0 saturated carbocycles. The molecule has 0 aromatic carbocycles. The first kappa shape index (κ1) is 16.8. The monoisotopic (exact) mass is 270 g/mol. The molecule has 0 fully saturated rings. The third-order valence-electron chi connectivity index (χ3n) is 1.62. The molecule has 0 bridgehead atoms. The Morgan fingerprint density at radius 3 is 2.53 bits per heavy atom. The van der Waals surface area contributed by atoms with Gasteiger partial charge in [-0.3, -0.25) is 0 Å². The van der Waals surface area contributed by atoms with E-state index in [1.807, 2.05) is 0 Å². The fourth-order valence-electron chi connectivity index (χ4n) is 0.971. The van der Waals surface area contributed by atoms with E-state index in [-0.39, 0.29) is 18.7 Å². The largest absolute Gasteiger partial charge is 0.463 e. The molecular weight excluding hydrogens is 252 g/mol. The number of hydrogen-bond acceptors (Lipinski definition) is 5. The predicted octanol–water partition coefficient (Wildman–Crippen LogP) is 2.27. The molecule has 19 heavy (non-hydrogen) atoms. The topological polar surface area (TPSA) is 113 Å². The van der Waals surface area contributed by atoms with Gasteiger partial charge in [-0.2, -0.15) is 0 Å². The Labute approximate surface area is 111 Å². The van der Waals surface area contributed by atoms with Crippen molar-refractivity contribution in [2.24, 2.45) is 5.11 Å². The molecule has 0 radical (unpaired) electrons. The quantitative estimate of drug-likeness (QED) is 0.271. The van der Waals surface area contributed by atoms with Gasteiger partial charge >= 0.3 is 12.1 Å². The average Bonchev–Trinajstić information content (AvgIpc) is 2.27. The van der Waals surface area contributed by atoms with E-state index in [1.165, 1.54) is 0 Å². The molecule has 0 atom stereocenters. The number of nitrogens with one attached hydrogen (secondary N) is 1. The highest BCUT2D eigenvalue weighted by atomic mass is 16.6. The minimum Gasteiger partial charge on any atom is -0.463 e. The Bertz CT molecular complexity index is 405. The van der Waals surface area contributed by atoms with Crippen molar-refractivity contribution in [1.29, 1.82) is 0 Å². The van der Waals surface area contributed by atoms with Gasteiger partial charge in [-0.05, 0) is 33.2 Å². The van der Waals surface area contributed by atoms with Crippen LogP contribution in [0.25, 0.3) is 10.4 Å². The minimum atomic E-state index is -0.677. The van der Waals surface area contributed by atoms with Gasteiger partial charge in [0.05, 0.1) is 18.7 Å². The van der Waals surface area contributed by atoms with Crippen LogP contribution in [-0.2, 0) is 14.3 Å². The number of alkyl carbamates (subject to hydrolysis) is 1. The Morgan fingerprint density at radius 1 is 1.42 bits per heavy atom. The maximum Gasteiger partial charge on any atom is 0.407 e. The molecule has 8 nitrogen and oxygen atoms in total. The van der Waals surface area contributed by atoms with Crippen LogP contribution >= 0.6 is 0 Å². The number of rotatable bonds is 5. The van der Waals surface area contributed by atoms with Crippen molar-refractivity contribution in [1.82, 2.24) is 5.32 Å². The molecular formula is C11H18N4O4. The average molecular weight is 270 g/mol. The van der Waals surface area contributed by atoms with Crippen molar-refractivity contribution in [3.8, 4) is 0 Å². The molecule has 106 valence electrons. The molecule has 0 heterocycles. The van der Waals surface area contributed by atoms with Crippen LogP contribution in [0.15, 0.2) is 16.9 Å². The number of hydrogen-bond donors (Lipinski definition) is 1. The molecule has 0 aromatic heterocycles. The lowest BCUT2D eigenvalue weighted by Crippen LogP contribution is -2.34. The SMILES string of the molecule is CCOC(=O)/C(=C/N=[N+]=[N-])CNC(=O)OC(C)(C)C. The molecule has 0 spiro atoms. The van der Waals surface area contributed by atoms with Crippen molar-refractivity contribution in [3.63, 3.8) is 0 Å². The van der Waals surface area contributed by atoms with E-state index in [4.69, 9.17) is 15.0 Å². The maximum atomic E-state index is 11.5. The number of carbonyl (C=O) groups excluding carboxylic acids is 2. The van der Waals surface area contributed by atoms with Crippen LogP contribution in [0.2, 0.25) is 0 Å². The second-order valence-corrected chi connectivity index (χ2v) is 4.44. The lowest BCUT2D eigenvalue weighted by atomic mass is 10.2. The molecule has 8 heteroatoms. The van der Waals surface area contributed by atoms with Gasteiger partial charge in [-0.25, -0.2) is 9.59 Å². The van der Waals surface area contributed by atoms with Gasteiger partial charge in [-0.15, -0.1) is 0 Å². The summed E-state index contributed by atoms with van der Waals surface area (Å²) in [6.07, 6.45) is 0.318. The third kappa shape index (κ3) is 8.50. The smallest absolute Gasteiger partial charge is 0.407 e. The second-order valence-electron chi connectivity index (χ2n) is 4.44. The van der Waals surface area contributed by atoms with E-state index >= 15 is 0 Å². The van der Waals surface area contributed by atoms with Gasteiger partial charge in [-0.1, -0.05) is 5.11 Å². The zero-order chi connectivity index (χ0) is 14.9. The van der Waals surface area contributed by atoms with Gasteiger partial charge in [0.1, 0.15) is 5.60 Å². The Hall–Kier alpha value is -2.21. The van der Waals surface area contributed by atoms with Crippen molar-refractivity contribution in [2.45, 2.75) is 33.3 Å². The molecule has 1 amide bonds. The summed E-state index contributed by atoms with van der Waals surface area (Å²) in [6.45, 7) is 6.83. The van der Waals surface area contributed by atoms with Gasteiger partial charge in [0, 0.05) is 11.1 Å². The number of esters is 1. The van der Waals surface area contributed by atoms with Crippen LogP contribution in [0.5, 0.6) is 0 Å². The summed E-state index contributed by atoms with van der Waals surface area (Å²) in [7, 11) is 0. The van der Waals surface area contributed by atoms with Crippen LogP contribution in [0.1, 0.15) is 27.7 Å². The molecule has 0 aliphatic rings. The van der Waals surface area contributed by atoms with Gasteiger partial charge < -0.3 is 14.8 Å². The first-order valence-electron chi connectivity index (χ1n) is 5.67. The Kier molecular flexibility index (Phi) is 7.06. The lowest BCUT2D eigenvalue weighted by Gasteiger charge is -2.19. The second kappa shape index (κ2) is 7.99. The number of nitrogens with zero attached hydrogens (tertiary/aromatic N) is 3. The summed E-state index contributed by atoms with van der Waals surface area (Å²) in [4.78, 5) is 25.4. The molecule has 0 aliphatic carbocycles. The van der Waals surface area contributed by atoms with Gasteiger partial charge in [0.25, 0.3) is 0 Å². The molecule has 0 unspecified atom stereocenters. The van der Waals surface area contributed by atoms with Crippen molar-refractivity contribution in [2.75, 3.05) is 13.2 Å². The first-order chi connectivity index (χ1) is 8.80. The van der Waals surface area contributed by atoms with Crippen LogP contribution in [0.3, 0.4) is 0 Å². The number of amides is 1. The zero-order valence-electron chi connectivity index (χ0n) is 11.5. The van der Waals surface area contributed by atoms with E-state index < -0.39 is 17.7 Å². The molecule has 0 aliphatic heterocycles. The normalized spacial score (nSPS) is 11.3. The third-order valence-corrected chi connectivity index (χ3v) is 1.62. The molecule has 0 rings (SSSR count). The molecule has 0 saturated heterocycles. The fourth-order valence-corrected chi connectivity index (χ4v) is 0.971. The highest BCUT2D eigenvalue weighted by Gasteiger charge is 2.17. The first-order valence-corrected chi connectivity index (χ1v) is 5.67. The summed E-state index contributed by atoms with van der Waals surface area (Å²) in [5.41, 5.74) is 7.60. The highest BCUT2D eigenvalue weighted by Crippen LogP contribution is 2.07. The standard InChI is InChI=1S/C11H18N4O4/c1-5-18-9(16)8(7-14-15-12)6-13-10(17)19-11(2,3)4/h7H,5-6H2,1-4H3,(H,13,17)/b8-7+. The van der Waals surface area contributed by atoms with E-state index in [0.717, 1.165) is 6.20 Å². The van der Waals surface area contributed by atoms with Gasteiger partial charge in [0.2, 0.25) is 0 Å². The van der Waals surface area contributed by atoms with E-state index in [0.29, 0.717) is 0 Å². The number of carbonyl (C=O) groups is 2. The predicted molar refractivity (Wildman–Crippen MR) is 68.1 cm³/mol. The van der Waals surface area contributed by atoms with Crippen molar-refractivity contribution < 1.29 is 19.1 Å². The summed E-state index contributed by atoms with van der Waals surface area (Å²) in [5, 5.41) is 5.53. The fraction of sp³-hybridized carbons (Fsp3) is 0.636. The molecule has 1 N–H and O–H groups in total. The van der Waals surface area contributed by atoms with Crippen molar-refractivity contribution >= 4 is 12.1 Å². The van der Waals surface area contributed by atoms with Crippen LogP contribution in [0, 0.1) is 0 Å². The van der Waals surface area contributed by atoms with Crippen LogP contribution < -0.4 is 5.32 Å². The maximum absolute atomic E-state index is 11.5. The van der Waals surface area contributed by atoms with E-state index in [2.05, 4.69) is 15.3 Å². The zero-order valence-corrected chi connectivity index (χ0v) is 11.5. The summed E-state index contributed by atoms with van der Waals surface area (Å²) < 4.78 is 9.75. The number of azide groups is 1. The summed E-state index contributed by atoms with van der Waals surface area (Å²) >= 11 is 0. The molecule has 0 aromatic rings. The highest BCUT2D eigenvalue weighted by molar-refractivity contribution is 5.89.